The van der Waals surface area contributed by atoms with Crippen LogP contribution < -0.4 is 5.32 Å². The Morgan fingerprint density at radius 2 is 2.00 bits per heavy atom. The zero-order chi connectivity index (χ0) is 14.5. The highest BCUT2D eigenvalue weighted by Crippen LogP contribution is 2.18. The second-order valence-electron chi connectivity index (χ2n) is 4.26. The highest BCUT2D eigenvalue weighted by Gasteiger charge is 2.09. The predicted molar refractivity (Wildman–Crippen MR) is 72.2 cm³/mol. The van der Waals surface area contributed by atoms with Crippen LogP contribution in [-0.4, -0.2) is 33.5 Å². The molecular weight excluding hydrogens is 258 g/mol. The van der Waals surface area contributed by atoms with E-state index < -0.39 is 18.4 Å². The van der Waals surface area contributed by atoms with Gasteiger partial charge in [-0.3, -0.25) is 19.6 Å². The fourth-order valence-electron chi connectivity index (χ4n) is 1.66. The van der Waals surface area contributed by atoms with Crippen LogP contribution in [0.1, 0.15) is 16.1 Å². The van der Waals surface area contributed by atoms with Gasteiger partial charge in [-0.15, -0.1) is 0 Å². The number of hydrogen-bond acceptors (Lipinski definition) is 4. The number of aryl methyl sites for hydroxylation is 1. The lowest BCUT2D eigenvalue weighted by Crippen LogP contribution is -2.29. The number of rotatable bonds is 4. The van der Waals surface area contributed by atoms with E-state index in [1.165, 1.54) is 0 Å². The van der Waals surface area contributed by atoms with E-state index in [1.807, 2.05) is 13.0 Å². The summed E-state index contributed by atoms with van der Waals surface area (Å²) in [6, 6.07) is 5.27. The molecule has 0 aliphatic rings. The molecule has 0 unspecified atom stereocenters. The van der Waals surface area contributed by atoms with Crippen molar-refractivity contribution in [1.29, 1.82) is 0 Å². The Kier molecular flexibility index (Phi) is 4.05. The number of pyridine rings is 2. The van der Waals surface area contributed by atoms with Crippen LogP contribution in [0.3, 0.4) is 0 Å². The number of hydrogen-bond donors (Lipinski definition) is 2. The zero-order valence-electron chi connectivity index (χ0n) is 10.8. The summed E-state index contributed by atoms with van der Waals surface area (Å²) in [7, 11) is 0. The number of nitrogens with zero attached hydrogens (tertiary/aromatic N) is 2. The molecule has 0 saturated heterocycles. The summed E-state index contributed by atoms with van der Waals surface area (Å²) in [4.78, 5) is 30.1. The standard InChI is InChI=1S/C14H13N3O3/c1-9-4-11(6-15-5-9)10-2-3-12(16-7-10)14(20)17-8-13(18)19/h2-7H,8H2,1H3,(H,17,20)(H,18,19). The fraction of sp³-hybridized carbons (Fsp3) is 0.143. The van der Waals surface area contributed by atoms with Gasteiger partial charge in [0.2, 0.25) is 0 Å². The van der Waals surface area contributed by atoms with E-state index in [4.69, 9.17) is 5.11 Å². The second-order valence-corrected chi connectivity index (χ2v) is 4.26. The van der Waals surface area contributed by atoms with Gasteiger partial charge < -0.3 is 10.4 Å². The third kappa shape index (κ3) is 3.38. The number of carboxylic acid groups (broad SMARTS) is 1. The number of nitrogens with one attached hydrogen (secondary N) is 1. The molecule has 102 valence electrons. The molecule has 0 bridgehead atoms. The van der Waals surface area contributed by atoms with Gasteiger partial charge in [0.1, 0.15) is 12.2 Å². The molecule has 0 spiro atoms. The van der Waals surface area contributed by atoms with Crippen molar-refractivity contribution < 1.29 is 14.7 Å². The van der Waals surface area contributed by atoms with Crippen LogP contribution >= 0.6 is 0 Å². The molecule has 0 atom stereocenters. The summed E-state index contributed by atoms with van der Waals surface area (Å²) >= 11 is 0. The maximum Gasteiger partial charge on any atom is 0.322 e. The topological polar surface area (TPSA) is 92.2 Å². The molecule has 0 saturated carbocycles. The van der Waals surface area contributed by atoms with Crippen molar-refractivity contribution in [2.45, 2.75) is 6.92 Å². The Hall–Kier alpha value is -2.76. The predicted octanol–water partition coefficient (Wildman–Crippen LogP) is 1.27. The molecule has 6 heteroatoms. The van der Waals surface area contributed by atoms with Crippen LogP contribution in [0.25, 0.3) is 11.1 Å². The third-order valence-corrected chi connectivity index (χ3v) is 2.60. The molecule has 0 fully saturated rings. The van der Waals surface area contributed by atoms with E-state index in [1.54, 1.807) is 30.7 Å². The summed E-state index contributed by atoms with van der Waals surface area (Å²) in [5.74, 6) is -1.61. The van der Waals surface area contributed by atoms with Gasteiger partial charge in [-0.2, -0.15) is 0 Å². The molecule has 2 aromatic heterocycles. The van der Waals surface area contributed by atoms with E-state index in [9.17, 15) is 9.59 Å². The SMILES string of the molecule is Cc1cncc(-c2ccc(C(=O)NCC(=O)O)nc2)c1. The second kappa shape index (κ2) is 5.92. The van der Waals surface area contributed by atoms with E-state index >= 15 is 0 Å². The van der Waals surface area contributed by atoms with Gasteiger partial charge in [-0.05, 0) is 24.6 Å². The molecule has 2 aromatic rings. The Morgan fingerprint density at radius 1 is 1.20 bits per heavy atom. The monoisotopic (exact) mass is 271 g/mol. The largest absolute Gasteiger partial charge is 0.480 e. The molecule has 2 heterocycles. The van der Waals surface area contributed by atoms with Gasteiger partial charge in [0, 0.05) is 29.7 Å². The Labute approximate surface area is 115 Å². The average Bonchev–Trinajstić information content (AvgIpc) is 2.45. The van der Waals surface area contributed by atoms with Crippen LogP contribution in [0.5, 0.6) is 0 Å². The van der Waals surface area contributed by atoms with E-state index in [2.05, 4.69) is 15.3 Å². The summed E-state index contributed by atoms with van der Waals surface area (Å²) in [6.07, 6.45) is 5.03. The minimum Gasteiger partial charge on any atom is -0.480 e. The maximum atomic E-state index is 11.6. The molecule has 1 amide bonds. The summed E-state index contributed by atoms with van der Waals surface area (Å²) in [5.41, 5.74) is 2.97. The minimum atomic E-state index is -1.10. The molecule has 2 rings (SSSR count). The Bertz CT molecular complexity index is 638. The lowest BCUT2D eigenvalue weighted by molar-refractivity contribution is -0.135. The normalized spacial score (nSPS) is 10.1. The van der Waals surface area contributed by atoms with Crippen molar-refractivity contribution in [3.63, 3.8) is 0 Å². The third-order valence-electron chi connectivity index (χ3n) is 2.60. The molecule has 20 heavy (non-hydrogen) atoms. The van der Waals surface area contributed by atoms with Crippen molar-refractivity contribution in [2.24, 2.45) is 0 Å². The highest BCUT2D eigenvalue weighted by molar-refractivity contribution is 5.94. The maximum absolute atomic E-state index is 11.6. The van der Waals surface area contributed by atoms with Crippen LogP contribution in [0.15, 0.2) is 36.8 Å². The molecule has 0 aliphatic carbocycles. The number of carbonyl (C=O) groups is 2. The Morgan fingerprint density at radius 3 is 2.60 bits per heavy atom. The van der Waals surface area contributed by atoms with E-state index in [0.29, 0.717) is 0 Å². The van der Waals surface area contributed by atoms with Crippen molar-refractivity contribution in [1.82, 2.24) is 15.3 Å². The number of aliphatic carboxylic acids is 1. The average molecular weight is 271 g/mol. The molecule has 2 N–H and O–H groups in total. The van der Waals surface area contributed by atoms with Crippen molar-refractivity contribution in [3.05, 3.63) is 48.0 Å². The van der Waals surface area contributed by atoms with Crippen molar-refractivity contribution in [2.75, 3.05) is 6.54 Å². The summed E-state index contributed by atoms with van der Waals surface area (Å²) in [6.45, 7) is 1.52. The van der Waals surface area contributed by atoms with Gasteiger partial charge in [0.25, 0.3) is 5.91 Å². The first-order valence-corrected chi connectivity index (χ1v) is 5.94. The molecule has 0 aromatic carbocycles. The first-order valence-electron chi connectivity index (χ1n) is 5.94. The lowest BCUT2D eigenvalue weighted by Gasteiger charge is -2.04. The van der Waals surface area contributed by atoms with Crippen LogP contribution in [-0.2, 0) is 4.79 Å². The van der Waals surface area contributed by atoms with Crippen LogP contribution in [0.2, 0.25) is 0 Å². The van der Waals surface area contributed by atoms with E-state index in [0.717, 1.165) is 16.7 Å². The zero-order valence-corrected chi connectivity index (χ0v) is 10.8. The summed E-state index contributed by atoms with van der Waals surface area (Å²) in [5, 5.41) is 10.7. The molecule has 0 radical (unpaired) electrons. The molecule has 0 aliphatic heterocycles. The molecule has 6 nitrogen and oxygen atoms in total. The van der Waals surface area contributed by atoms with Crippen LogP contribution in [0.4, 0.5) is 0 Å². The van der Waals surface area contributed by atoms with Crippen LogP contribution in [0, 0.1) is 6.92 Å². The highest BCUT2D eigenvalue weighted by atomic mass is 16.4. The number of carboxylic acids is 1. The van der Waals surface area contributed by atoms with Gasteiger partial charge >= 0.3 is 5.97 Å². The summed E-state index contributed by atoms with van der Waals surface area (Å²) < 4.78 is 0. The first kappa shape index (κ1) is 13.7. The number of carbonyl (C=O) groups excluding carboxylic acids is 1. The quantitative estimate of drug-likeness (QED) is 0.873. The number of amides is 1. The van der Waals surface area contributed by atoms with Crippen molar-refractivity contribution >= 4 is 11.9 Å². The van der Waals surface area contributed by atoms with E-state index in [-0.39, 0.29) is 5.69 Å². The van der Waals surface area contributed by atoms with Gasteiger partial charge in [-0.25, -0.2) is 0 Å². The fourth-order valence-corrected chi connectivity index (χ4v) is 1.66. The van der Waals surface area contributed by atoms with Gasteiger partial charge in [-0.1, -0.05) is 6.07 Å². The Balaban J connectivity index is 2.14. The van der Waals surface area contributed by atoms with Crippen molar-refractivity contribution in [3.8, 4) is 11.1 Å². The first-order chi connectivity index (χ1) is 9.56. The van der Waals surface area contributed by atoms with Gasteiger partial charge in [0.15, 0.2) is 0 Å². The minimum absolute atomic E-state index is 0.176. The molecular formula is C14H13N3O3. The van der Waals surface area contributed by atoms with Gasteiger partial charge in [0.05, 0.1) is 0 Å². The smallest absolute Gasteiger partial charge is 0.322 e. The lowest BCUT2D eigenvalue weighted by atomic mass is 10.1. The number of aromatic nitrogens is 2.